The summed E-state index contributed by atoms with van der Waals surface area (Å²) in [5.41, 5.74) is 0. The smallest absolute Gasteiger partial charge is 0.0291 e. The molecule has 0 aromatic carbocycles. The average molecular weight is 261 g/mol. The zero-order valence-electron chi connectivity index (χ0n) is 10.8. The summed E-state index contributed by atoms with van der Waals surface area (Å²) in [7, 11) is 0. The molecule has 1 aliphatic heterocycles. The predicted octanol–water partition coefficient (Wildman–Crippen LogP) is 3.78. The molecule has 0 aromatic heterocycles. The molecule has 1 aliphatic rings. The molecule has 1 N–H and O–H groups in total. The van der Waals surface area contributed by atoms with Gasteiger partial charge in [-0.3, -0.25) is 0 Å². The van der Waals surface area contributed by atoms with Crippen LogP contribution in [0.2, 0.25) is 0 Å². The Kier molecular flexibility index (Phi) is 8.89. The summed E-state index contributed by atoms with van der Waals surface area (Å²) in [6, 6.07) is 0.768. The molecule has 0 aromatic rings. The van der Waals surface area contributed by atoms with Gasteiger partial charge >= 0.3 is 0 Å². The molecule has 1 saturated heterocycles. The van der Waals surface area contributed by atoms with E-state index < -0.39 is 0 Å². The van der Waals surface area contributed by atoms with Gasteiger partial charge in [0, 0.05) is 28.6 Å². The van der Waals surface area contributed by atoms with E-state index in [2.05, 4.69) is 42.7 Å². The van der Waals surface area contributed by atoms with E-state index in [0.29, 0.717) is 0 Å². The van der Waals surface area contributed by atoms with Gasteiger partial charge in [-0.2, -0.15) is 23.5 Å². The Morgan fingerprint density at radius 2 is 2.06 bits per heavy atom. The number of rotatable bonds is 8. The zero-order chi connectivity index (χ0) is 11.6. The largest absolute Gasteiger partial charge is 0.313 e. The molecular formula is C13H27NS2. The third kappa shape index (κ3) is 5.83. The maximum absolute atomic E-state index is 3.76. The van der Waals surface area contributed by atoms with E-state index in [4.69, 9.17) is 0 Å². The summed E-state index contributed by atoms with van der Waals surface area (Å²) in [6.45, 7) is 5.75. The van der Waals surface area contributed by atoms with Crippen LogP contribution >= 0.6 is 23.5 Å². The van der Waals surface area contributed by atoms with Crippen molar-refractivity contribution < 1.29 is 0 Å². The monoisotopic (exact) mass is 261 g/mol. The maximum atomic E-state index is 3.76. The van der Waals surface area contributed by atoms with Crippen LogP contribution < -0.4 is 5.32 Å². The lowest BCUT2D eigenvalue weighted by Gasteiger charge is -2.30. The van der Waals surface area contributed by atoms with Crippen molar-refractivity contribution in [2.75, 3.05) is 23.8 Å². The predicted molar refractivity (Wildman–Crippen MR) is 79.8 cm³/mol. The first-order chi connectivity index (χ1) is 7.88. The molecule has 0 radical (unpaired) electrons. The summed E-state index contributed by atoms with van der Waals surface area (Å²) in [6.07, 6.45) is 6.78. The molecular weight excluding hydrogens is 234 g/mol. The molecule has 1 fully saturated rings. The molecule has 0 saturated carbocycles. The van der Waals surface area contributed by atoms with Crippen LogP contribution in [0.15, 0.2) is 0 Å². The summed E-state index contributed by atoms with van der Waals surface area (Å²) >= 11 is 4.34. The second kappa shape index (κ2) is 9.67. The number of hydrogen-bond donors (Lipinski definition) is 1. The summed E-state index contributed by atoms with van der Waals surface area (Å²) in [4.78, 5) is 0. The third-order valence-corrected chi connectivity index (χ3v) is 5.99. The number of hydrogen-bond acceptors (Lipinski definition) is 3. The lowest BCUT2D eigenvalue weighted by atomic mass is 10.1. The first-order valence-electron chi connectivity index (χ1n) is 6.81. The van der Waals surface area contributed by atoms with Gasteiger partial charge in [-0.1, -0.05) is 33.1 Å². The Bertz CT molecular complexity index is 158. The molecule has 1 heterocycles. The maximum Gasteiger partial charge on any atom is 0.0291 e. The molecule has 0 bridgehead atoms. The number of thioether (sulfide) groups is 2. The Morgan fingerprint density at radius 1 is 1.19 bits per heavy atom. The standard InChI is InChI=1S/C13H27NS2/c1-3-5-6-7-12(14-8-4-2)13-11-15-9-10-16-13/h12-14H,3-11H2,1-2H3. The van der Waals surface area contributed by atoms with Crippen molar-refractivity contribution in [2.45, 2.75) is 57.2 Å². The normalized spacial score (nSPS) is 23.2. The van der Waals surface area contributed by atoms with Crippen LogP contribution in [0.5, 0.6) is 0 Å². The van der Waals surface area contributed by atoms with Crippen molar-refractivity contribution in [3.05, 3.63) is 0 Å². The van der Waals surface area contributed by atoms with Gasteiger partial charge in [0.05, 0.1) is 0 Å². The van der Waals surface area contributed by atoms with Gasteiger partial charge in [0.2, 0.25) is 0 Å². The van der Waals surface area contributed by atoms with Gasteiger partial charge in [-0.15, -0.1) is 0 Å². The van der Waals surface area contributed by atoms with Gasteiger partial charge in [0.1, 0.15) is 0 Å². The highest BCUT2D eigenvalue weighted by Gasteiger charge is 2.23. The van der Waals surface area contributed by atoms with Crippen molar-refractivity contribution in [3.63, 3.8) is 0 Å². The van der Waals surface area contributed by atoms with Crippen molar-refractivity contribution in [1.82, 2.24) is 5.32 Å². The Hall–Kier alpha value is 0.660. The van der Waals surface area contributed by atoms with Gasteiger partial charge < -0.3 is 5.32 Å². The fourth-order valence-corrected chi connectivity index (χ4v) is 5.03. The van der Waals surface area contributed by atoms with Crippen molar-refractivity contribution in [2.24, 2.45) is 0 Å². The average Bonchev–Trinajstić information content (AvgIpc) is 2.35. The molecule has 16 heavy (non-hydrogen) atoms. The van der Waals surface area contributed by atoms with E-state index in [0.717, 1.165) is 11.3 Å². The van der Waals surface area contributed by atoms with E-state index in [1.807, 2.05) is 0 Å². The van der Waals surface area contributed by atoms with Crippen molar-refractivity contribution in [3.8, 4) is 0 Å². The second-order valence-electron chi connectivity index (χ2n) is 4.54. The summed E-state index contributed by atoms with van der Waals surface area (Å²) in [5, 5.41) is 4.63. The molecule has 2 atom stereocenters. The summed E-state index contributed by atoms with van der Waals surface area (Å²) < 4.78 is 0. The fourth-order valence-electron chi connectivity index (χ4n) is 2.10. The molecule has 0 amide bonds. The number of nitrogens with one attached hydrogen (secondary N) is 1. The molecule has 1 rings (SSSR count). The van der Waals surface area contributed by atoms with Crippen LogP contribution in [0.1, 0.15) is 46.0 Å². The van der Waals surface area contributed by atoms with Crippen LogP contribution in [0.4, 0.5) is 0 Å². The van der Waals surface area contributed by atoms with E-state index in [1.54, 1.807) is 0 Å². The van der Waals surface area contributed by atoms with E-state index >= 15 is 0 Å². The number of unbranched alkanes of at least 4 members (excludes halogenated alkanes) is 2. The van der Waals surface area contributed by atoms with Crippen LogP contribution in [-0.2, 0) is 0 Å². The minimum atomic E-state index is 0.768. The minimum absolute atomic E-state index is 0.768. The van der Waals surface area contributed by atoms with Crippen LogP contribution in [0, 0.1) is 0 Å². The van der Waals surface area contributed by atoms with Gasteiger partial charge in [-0.25, -0.2) is 0 Å². The quantitative estimate of drug-likeness (QED) is 0.668. The molecule has 96 valence electrons. The second-order valence-corrected chi connectivity index (χ2v) is 7.04. The molecule has 0 spiro atoms. The van der Waals surface area contributed by atoms with Crippen molar-refractivity contribution in [1.29, 1.82) is 0 Å². The van der Waals surface area contributed by atoms with Crippen LogP contribution in [0.25, 0.3) is 0 Å². The van der Waals surface area contributed by atoms with Crippen LogP contribution in [0.3, 0.4) is 0 Å². The van der Waals surface area contributed by atoms with E-state index in [-0.39, 0.29) is 0 Å². The Balaban J connectivity index is 2.28. The first-order valence-corrected chi connectivity index (χ1v) is 9.01. The van der Waals surface area contributed by atoms with Gasteiger partial charge in [0.15, 0.2) is 0 Å². The topological polar surface area (TPSA) is 12.0 Å². The van der Waals surface area contributed by atoms with E-state index in [1.165, 1.54) is 55.9 Å². The highest BCUT2D eigenvalue weighted by atomic mass is 32.2. The zero-order valence-corrected chi connectivity index (χ0v) is 12.5. The third-order valence-electron chi connectivity index (χ3n) is 3.07. The highest BCUT2D eigenvalue weighted by Crippen LogP contribution is 2.28. The SMILES string of the molecule is CCCCCC(NCCC)C1CSCCS1. The summed E-state index contributed by atoms with van der Waals surface area (Å²) in [5.74, 6) is 4.07. The van der Waals surface area contributed by atoms with Gasteiger partial charge in [-0.05, 0) is 19.4 Å². The molecule has 0 aliphatic carbocycles. The van der Waals surface area contributed by atoms with Crippen molar-refractivity contribution >= 4 is 23.5 Å². The fraction of sp³-hybridized carbons (Fsp3) is 1.00. The van der Waals surface area contributed by atoms with E-state index in [9.17, 15) is 0 Å². The molecule has 1 nitrogen and oxygen atoms in total. The lowest BCUT2D eigenvalue weighted by Crippen LogP contribution is -2.41. The van der Waals surface area contributed by atoms with Crippen LogP contribution in [-0.4, -0.2) is 35.1 Å². The van der Waals surface area contributed by atoms with Gasteiger partial charge in [0.25, 0.3) is 0 Å². The molecule has 2 unspecified atom stereocenters. The first kappa shape index (κ1) is 14.7. The Morgan fingerprint density at radius 3 is 2.69 bits per heavy atom. The lowest BCUT2D eigenvalue weighted by molar-refractivity contribution is 0.457. The highest BCUT2D eigenvalue weighted by molar-refractivity contribution is 8.06. The minimum Gasteiger partial charge on any atom is -0.313 e. The Labute approximate surface area is 110 Å². The molecule has 3 heteroatoms.